The Morgan fingerprint density at radius 1 is 0.957 bits per heavy atom. The Morgan fingerprint density at radius 3 is 2.39 bits per heavy atom. The summed E-state index contributed by atoms with van der Waals surface area (Å²) in [5, 5.41) is 7.25. The van der Waals surface area contributed by atoms with Gasteiger partial charge >= 0.3 is 0 Å². The second-order valence-electron chi connectivity index (χ2n) is 5.38. The van der Waals surface area contributed by atoms with E-state index >= 15 is 0 Å². The lowest BCUT2D eigenvalue weighted by Crippen LogP contribution is -2.12. The van der Waals surface area contributed by atoms with Crippen LogP contribution in [0, 0.1) is 0 Å². The number of aryl methyl sites for hydroxylation is 1. The number of aromatic nitrogens is 2. The second kappa shape index (κ2) is 7.40. The number of anilines is 1. The molecule has 1 N–H and O–H groups in total. The topological polar surface area (TPSA) is 46.9 Å². The van der Waals surface area contributed by atoms with Crippen molar-refractivity contribution in [1.29, 1.82) is 0 Å². The van der Waals surface area contributed by atoms with Crippen LogP contribution in [0.2, 0.25) is 0 Å². The number of carbonyl (C=O) groups excluding carboxylic acids is 1. The van der Waals surface area contributed by atoms with Gasteiger partial charge in [0, 0.05) is 30.4 Å². The summed E-state index contributed by atoms with van der Waals surface area (Å²) in [6.07, 6.45) is 5.12. The van der Waals surface area contributed by atoms with E-state index in [2.05, 4.69) is 22.5 Å². The average molecular weight is 305 g/mol. The first-order chi connectivity index (χ1) is 11.3. The van der Waals surface area contributed by atoms with Crippen LogP contribution in [0.5, 0.6) is 0 Å². The summed E-state index contributed by atoms with van der Waals surface area (Å²) in [7, 11) is 0. The number of amides is 1. The molecule has 0 atom stereocenters. The SMILES string of the molecule is O=C(CCCn1cc(-c2ccccc2)cn1)Nc1ccccc1. The molecule has 0 aliphatic heterocycles. The Balaban J connectivity index is 1.48. The highest BCUT2D eigenvalue weighted by atomic mass is 16.1. The molecule has 1 heterocycles. The van der Waals surface area contributed by atoms with E-state index in [1.165, 1.54) is 0 Å². The number of benzene rings is 2. The quantitative estimate of drug-likeness (QED) is 0.749. The fourth-order valence-electron chi connectivity index (χ4n) is 2.41. The summed E-state index contributed by atoms with van der Waals surface area (Å²) < 4.78 is 1.89. The summed E-state index contributed by atoms with van der Waals surface area (Å²) in [6, 6.07) is 19.7. The lowest BCUT2D eigenvalue weighted by atomic mass is 10.1. The normalized spacial score (nSPS) is 10.4. The zero-order valence-electron chi connectivity index (χ0n) is 12.9. The van der Waals surface area contributed by atoms with Crippen molar-refractivity contribution >= 4 is 11.6 Å². The molecule has 0 aliphatic rings. The Kier molecular flexibility index (Phi) is 4.84. The van der Waals surface area contributed by atoms with Crippen molar-refractivity contribution in [2.75, 3.05) is 5.32 Å². The molecule has 1 amide bonds. The molecule has 23 heavy (non-hydrogen) atoms. The van der Waals surface area contributed by atoms with Crippen LogP contribution in [0.15, 0.2) is 73.1 Å². The third-order valence-electron chi connectivity index (χ3n) is 3.59. The number of nitrogens with zero attached hydrogens (tertiary/aromatic N) is 2. The van der Waals surface area contributed by atoms with Crippen LogP contribution in [0.3, 0.4) is 0 Å². The first kappa shape index (κ1) is 15.0. The molecular formula is C19H19N3O. The van der Waals surface area contributed by atoms with Gasteiger partial charge in [-0.1, -0.05) is 48.5 Å². The Bertz CT molecular complexity index is 751. The molecule has 0 fully saturated rings. The van der Waals surface area contributed by atoms with Gasteiger partial charge in [-0.15, -0.1) is 0 Å². The van der Waals surface area contributed by atoms with Gasteiger partial charge in [0.2, 0.25) is 5.91 Å². The van der Waals surface area contributed by atoms with Crippen molar-refractivity contribution in [1.82, 2.24) is 9.78 Å². The third kappa shape index (κ3) is 4.30. The van der Waals surface area contributed by atoms with Gasteiger partial charge in [-0.2, -0.15) is 5.10 Å². The van der Waals surface area contributed by atoms with Crippen molar-refractivity contribution in [2.45, 2.75) is 19.4 Å². The lowest BCUT2D eigenvalue weighted by molar-refractivity contribution is -0.116. The molecule has 116 valence electrons. The van der Waals surface area contributed by atoms with Gasteiger partial charge < -0.3 is 5.32 Å². The van der Waals surface area contributed by atoms with Gasteiger partial charge in [-0.3, -0.25) is 9.48 Å². The van der Waals surface area contributed by atoms with Gasteiger partial charge in [0.05, 0.1) is 6.20 Å². The predicted octanol–water partition coefficient (Wildman–Crippen LogP) is 3.97. The fraction of sp³-hybridized carbons (Fsp3) is 0.158. The Hall–Kier alpha value is -2.88. The van der Waals surface area contributed by atoms with Crippen molar-refractivity contribution in [3.63, 3.8) is 0 Å². The van der Waals surface area contributed by atoms with Gasteiger partial charge in [-0.25, -0.2) is 0 Å². The largest absolute Gasteiger partial charge is 0.326 e. The minimum absolute atomic E-state index is 0.0339. The van der Waals surface area contributed by atoms with Crippen molar-refractivity contribution < 1.29 is 4.79 Å². The zero-order valence-corrected chi connectivity index (χ0v) is 12.9. The van der Waals surface area contributed by atoms with Crippen LogP contribution in [-0.2, 0) is 11.3 Å². The van der Waals surface area contributed by atoms with E-state index in [9.17, 15) is 4.79 Å². The lowest BCUT2D eigenvalue weighted by Gasteiger charge is -2.05. The van der Waals surface area contributed by atoms with E-state index < -0.39 is 0 Å². The Labute approximate surface area is 135 Å². The van der Waals surface area contributed by atoms with Gasteiger partial charge in [0.1, 0.15) is 0 Å². The first-order valence-electron chi connectivity index (χ1n) is 7.74. The summed E-state index contributed by atoms with van der Waals surface area (Å²) in [6.45, 7) is 0.731. The summed E-state index contributed by atoms with van der Waals surface area (Å²) in [4.78, 5) is 11.9. The minimum atomic E-state index is 0.0339. The molecule has 0 spiro atoms. The maximum absolute atomic E-state index is 11.9. The highest BCUT2D eigenvalue weighted by Crippen LogP contribution is 2.17. The van der Waals surface area contributed by atoms with Crippen LogP contribution < -0.4 is 5.32 Å². The van der Waals surface area contributed by atoms with Crippen LogP contribution in [0.1, 0.15) is 12.8 Å². The van der Waals surface area contributed by atoms with Crippen molar-refractivity contribution in [3.05, 3.63) is 73.1 Å². The molecule has 1 aromatic heterocycles. The molecule has 0 bridgehead atoms. The fourth-order valence-corrected chi connectivity index (χ4v) is 2.41. The molecule has 0 unspecified atom stereocenters. The van der Waals surface area contributed by atoms with Crippen LogP contribution in [0.4, 0.5) is 5.69 Å². The number of carbonyl (C=O) groups is 1. The highest BCUT2D eigenvalue weighted by Gasteiger charge is 2.04. The summed E-state index contributed by atoms with van der Waals surface area (Å²) >= 11 is 0. The maximum Gasteiger partial charge on any atom is 0.224 e. The predicted molar refractivity (Wildman–Crippen MR) is 92.0 cm³/mol. The molecule has 4 heteroatoms. The smallest absolute Gasteiger partial charge is 0.224 e. The average Bonchev–Trinajstić information content (AvgIpc) is 3.05. The summed E-state index contributed by atoms with van der Waals surface area (Å²) in [5.74, 6) is 0.0339. The number of para-hydroxylation sites is 1. The molecule has 0 saturated carbocycles. The number of hydrogen-bond acceptors (Lipinski definition) is 2. The van der Waals surface area contributed by atoms with Crippen LogP contribution >= 0.6 is 0 Å². The molecule has 0 aliphatic carbocycles. The standard InChI is InChI=1S/C19H19N3O/c23-19(21-18-10-5-2-6-11-18)12-7-13-22-15-17(14-20-22)16-8-3-1-4-9-16/h1-6,8-11,14-15H,7,12-13H2,(H,21,23). The maximum atomic E-state index is 11.9. The van der Waals surface area contributed by atoms with Gasteiger partial charge in [-0.05, 0) is 24.1 Å². The van der Waals surface area contributed by atoms with E-state index in [0.717, 1.165) is 29.8 Å². The van der Waals surface area contributed by atoms with Crippen molar-refractivity contribution in [3.8, 4) is 11.1 Å². The number of hydrogen-bond donors (Lipinski definition) is 1. The number of rotatable bonds is 6. The van der Waals surface area contributed by atoms with E-state index in [0.29, 0.717) is 6.42 Å². The minimum Gasteiger partial charge on any atom is -0.326 e. The number of nitrogens with one attached hydrogen (secondary N) is 1. The molecule has 3 rings (SSSR count). The van der Waals surface area contributed by atoms with Crippen LogP contribution in [0.25, 0.3) is 11.1 Å². The van der Waals surface area contributed by atoms with Gasteiger partial charge in [0.15, 0.2) is 0 Å². The first-order valence-corrected chi connectivity index (χ1v) is 7.74. The molecule has 3 aromatic rings. The molecule has 2 aromatic carbocycles. The zero-order chi connectivity index (χ0) is 15.9. The highest BCUT2D eigenvalue weighted by molar-refractivity contribution is 5.90. The second-order valence-corrected chi connectivity index (χ2v) is 5.38. The molecule has 0 saturated heterocycles. The monoisotopic (exact) mass is 305 g/mol. The van der Waals surface area contributed by atoms with E-state index in [1.54, 1.807) is 0 Å². The molecule has 0 radical (unpaired) electrons. The Morgan fingerprint density at radius 2 is 1.65 bits per heavy atom. The summed E-state index contributed by atoms with van der Waals surface area (Å²) in [5.41, 5.74) is 3.09. The molecule has 4 nitrogen and oxygen atoms in total. The van der Waals surface area contributed by atoms with Crippen LogP contribution in [-0.4, -0.2) is 15.7 Å². The van der Waals surface area contributed by atoms with E-state index in [4.69, 9.17) is 0 Å². The van der Waals surface area contributed by atoms with E-state index in [-0.39, 0.29) is 5.91 Å². The van der Waals surface area contributed by atoms with Crippen molar-refractivity contribution in [2.24, 2.45) is 0 Å². The van der Waals surface area contributed by atoms with Gasteiger partial charge in [0.25, 0.3) is 0 Å². The molecular weight excluding hydrogens is 286 g/mol. The third-order valence-corrected chi connectivity index (χ3v) is 3.59. The van der Waals surface area contributed by atoms with E-state index in [1.807, 2.05) is 65.6 Å².